The van der Waals surface area contributed by atoms with Gasteiger partial charge in [0.25, 0.3) is 10.1 Å². The maximum absolute atomic E-state index is 12.4. The van der Waals surface area contributed by atoms with Crippen LogP contribution < -0.4 is 22.0 Å². The monoisotopic (exact) mass is 595 g/mol. The van der Waals surface area contributed by atoms with Gasteiger partial charge in [-0.2, -0.15) is 8.42 Å². The fourth-order valence-corrected chi connectivity index (χ4v) is 4.92. The van der Waals surface area contributed by atoms with E-state index in [1.54, 1.807) is 6.92 Å². The summed E-state index contributed by atoms with van der Waals surface area (Å²) in [5.41, 5.74) is 5.05. The second kappa shape index (κ2) is 15.5. The van der Waals surface area contributed by atoms with Gasteiger partial charge >= 0.3 is 11.7 Å². The Morgan fingerprint density at radius 2 is 1.78 bits per heavy atom. The molecule has 226 valence electrons. The molecule has 1 heterocycles. The SMILES string of the molecule is Cc1c(CC(=O)NCCOCCOCCNC(=O)OC2/C=C\CCCCC2)c(=O)oc2cc(N)c(S(=O)(=O)O)cc12. The van der Waals surface area contributed by atoms with Crippen LogP contribution in [0.25, 0.3) is 11.0 Å². The number of fused-ring (bicyclic) bond motifs is 1. The lowest BCUT2D eigenvalue weighted by Crippen LogP contribution is -2.31. The first kappa shape index (κ1) is 32.1. The van der Waals surface area contributed by atoms with Crippen LogP contribution in [0.2, 0.25) is 0 Å². The zero-order valence-electron chi connectivity index (χ0n) is 23.0. The number of hydrogen-bond donors (Lipinski definition) is 4. The third-order valence-electron chi connectivity index (χ3n) is 6.46. The largest absolute Gasteiger partial charge is 0.442 e. The van der Waals surface area contributed by atoms with Crippen LogP contribution in [-0.4, -0.2) is 70.6 Å². The highest BCUT2D eigenvalue weighted by Gasteiger charge is 2.20. The van der Waals surface area contributed by atoms with Crippen molar-refractivity contribution in [3.8, 4) is 0 Å². The van der Waals surface area contributed by atoms with E-state index in [0.29, 0.717) is 25.3 Å². The number of carbonyl (C=O) groups excluding carboxylic acids is 2. The minimum absolute atomic E-state index is 0.0375. The van der Waals surface area contributed by atoms with E-state index >= 15 is 0 Å². The van der Waals surface area contributed by atoms with E-state index in [2.05, 4.69) is 16.7 Å². The lowest BCUT2D eigenvalue weighted by Gasteiger charge is -2.16. The van der Waals surface area contributed by atoms with Crippen molar-refractivity contribution in [1.29, 1.82) is 0 Å². The van der Waals surface area contributed by atoms with E-state index in [4.69, 9.17) is 24.4 Å². The highest BCUT2D eigenvalue weighted by Crippen LogP contribution is 2.28. The zero-order chi connectivity index (χ0) is 29.8. The summed E-state index contributed by atoms with van der Waals surface area (Å²) in [4.78, 5) is 36.2. The van der Waals surface area contributed by atoms with Crippen molar-refractivity contribution in [2.24, 2.45) is 0 Å². The third kappa shape index (κ3) is 10.1. The molecule has 41 heavy (non-hydrogen) atoms. The standard InChI is InChI=1S/C27H37N3O10S/c1-18-20-15-24(41(34,35)36)22(28)17-23(20)40-26(32)21(18)16-25(31)29-9-11-37-13-14-38-12-10-30-27(33)39-19-7-5-3-2-4-6-8-19/h5,7,15,17,19H,2-4,6,8-14,16,28H2,1H3,(H,29,31)(H,30,33)(H,34,35,36)/b7-5-. The van der Waals surface area contributed by atoms with Gasteiger partial charge in [0.2, 0.25) is 5.91 Å². The number of hydrogen-bond acceptors (Lipinski definition) is 10. The lowest BCUT2D eigenvalue weighted by atomic mass is 10.0. The van der Waals surface area contributed by atoms with Crippen LogP contribution >= 0.6 is 0 Å². The number of alkyl carbamates (subject to hydrolysis) is 1. The Balaban J connectivity index is 1.31. The van der Waals surface area contributed by atoms with Crippen LogP contribution in [0.15, 0.2) is 38.4 Å². The summed E-state index contributed by atoms with van der Waals surface area (Å²) in [7, 11) is -4.60. The van der Waals surface area contributed by atoms with Gasteiger partial charge in [-0.1, -0.05) is 12.5 Å². The molecule has 0 saturated heterocycles. The molecular formula is C27H37N3O10S. The van der Waals surface area contributed by atoms with Crippen LogP contribution in [0.1, 0.15) is 43.2 Å². The Kier molecular flexibility index (Phi) is 12.1. The average Bonchev–Trinajstić information content (AvgIpc) is 2.88. The number of benzene rings is 1. The average molecular weight is 596 g/mol. The predicted molar refractivity (Wildman–Crippen MR) is 150 cm³/mol. The molecule has 2 amide bonds. The summed E-state index contributed by atoms with van der Waals surface area (Å²) < 4.78 is 54.0. The molecule has 1 unspecified atom stereocenters. The fourth-order valence-electron chi connectivity index (χ4n) is 4.30. The van der Waals surface area contributed by atoms with Crippen molar-refractivity contribution in [3.05, 3.63) is 45.8 Å². The number of aryl methyl sites for hydroxylation is 1. The van der Waals surface area contributed by atoms with E-state index in [1.165, 1.54) is 6.42 Å². The van der Waals surface area contributed by atoms with Crippen LogP contribution in [-0.2, 0) is 35.5 Å². The smallest absolute Gasteiger partial charge is 0.407 e. The number of rotatable bonds is 13. The highest BCUT2D eigenvalue weighted by atomic mass is 32.2. The molecule has 1 aliphatic rings. The van der Waals surface area contributed by atoms with Crippen LogP contribution in [0.5, 0.6) is 0 Å². The molecule has 0 fully saturated rings. The van der Waals surface area contributed by atoms with Crippen molar-refractivity contribution in [2.45, 2.75) is 56.4 Å². The summed E-state index contributed by atoms with van der Waals surface area (Å²) in [6.07, 6.45) is 8.21. The van der Waals surface area contributed by atoms with Gasteiger partial charge in [0.15, 0.2) is 0 Å². The van der Waals surface area contributed by atoms with Crippen molar-refractivity contribution >= 4 is 38.8 Å². The molecule has 1 aromatic heterocycles. The van der Waals surface area contributed by atoms with Gasteiger partial charge in [-0.25, -0.2) is 9.59 Å². The topological polar surface area (TPSA) is 196 Å². The molecule has 0 aliphatic heterocycles. The van der Waals surface area contributed by atoms with Gasteiger partial charge in [0, 0.05) is 24.5 Å². The molecule has 1 aliphatic carbocycles. The highest BCUT2D eigenvalue weighted by molar-refractivity contribution is 7.86. The van der Waals surface area contributed by atoms with Gasteiger partial charge in [-0.3, -0.25) is 9.35 Å². The quantitative estimate of drug-likeness (QED) is 0.0871. The number of allylic oxidation sites excluding steroid dienone is 1. The molecule has 2 aromatic rings. The minimum Gasteiger partial charge on any atom is -0.442 e. The number of nitrogen functional groups attached to an aromatic ring is 1. The molecule has 0 bridgehead atoms. The zero-order valence-corrected chi connectivity index (χ0v) is 23.8. The Morgan fingerprint density at radius 1 is 1.07 bits per heavy atom. The van der Waals surface area contributed by atoms with Gasteiger partial charge in [0.1, 0.15) is 16.6 Å². The van der Waals surface area contributed by atoms with Crippen LogP contribution in [0, 0.1) is 6.92 Å². The van der Waals surface area contributed by atoms with Crippen LogP contribution in [0.3, 0.4) is 0 Å². The molecule has 14 heteroatoms. The second-order valence-electron chi connectivity index (χ2n) is 9.54. The van der Waals surface area contributed by atoms with E-state index in [-0.39, 0.29) is 54.5 Å². The fraction of sp³-hybridized carbons (Fsp3) is 0.519. The minimum atomic E-state index is -4.60. The summed E-state index contributed by atoms with van der Waals surface area (Å²) in [5.74, 6) is -0.460. The Bertz CT molecular complexity index is 1400. The molecule has 1 aromatic carbocycles. The summed E-state index contributed by atoms with van der Waals surface area (Å²) in [6.45, 7) is 3.10. The third-order valence-corrected chi connectivity index (χ3v) is 7.37. The molecule has 13 nitrogen and oxygen atoms in total. The molecular weight excluding hydrogens is 558 g/mol. The summed E-state index contributed by atoms with van der Waals surface area (Å²) >= 11 is 0. The first-order valence-corrected chi connectivity index (χ1v) is 14.9. The number of ether oxygens (including phenoxy) is 3. The first-order valence-electron chi connectivity index (χ1n) is 13.4. The number of anilines is 1. The van der Waals surface area contributed by atoms with Crippen molar-refractivity contribution in [1.82, 2.24) is 10.6 Å². The first-order chi connectivity index (χ1) is 19.6. The summed E-state index contributed by atoms with van der Waals surface area (Å²) in [6, 6.07) is 2.24. The number of carbonyl (C=O) groups is 2. The molecule has 3 rings (SSSR count). The predicted octanol–water partition coefficient (Wildman–Crippen LogP) is 2.24. The van der Waals surface area contributed by atoms with Crippen molar-refractivity contribution < 1.29 is 41.2 Å². The number of nitrogens with two attached hydrogens (primary N) is 1. The Hall–Kier alpha value is -3.46. The second-order valence-corrected chi connectivity index (χ2v) is 10.9. The Labute approximate surface area is 238 Å². The lowest BCUT2D eigenvalue weighted by molar-refractivity contribution is -0.120. The number of amides is 2. The molecule has 5 N–H and O–H groups in total. The molecule has 0 radical (unpaired) electrons. The van der Waals surface area contributed by atoms with Crippen molar-refractivity contribution in [2.75, 3.05) is 45.3 Å². The normalized spacial score (nSPS) is 16.5. The van der Waals surface area contributed by atoms with Crippen LogP contribution in [0.4, 0.5) is 10.5 Å². The van der Waals surface area contributed by atoms with E-state index in [9.17, 15) is 27.4 Å². The van der Waals surface area contributed by atoms with Crippen molar-refractivity contribution in [3.63, 3.8) is 0 Å². The van der Waals surface area contributed by atoms with E-state index in [0.717, 1.165) is 37.8 Å². The maximum Gasteiger partial charge on any atom is 0.407 e. The van der Waals surface area contributed by atoms with Gasteiger partial charge < -0.3 is 35.0 Å². The molecule has 1 atom stereocenters. The van der Waals surface area contributed by atoms with E-state index in [1.807, 2.05) is 6.08 Å². The number of nitrogens with one attached hydrogen (secondary N) is 2. The summed E-state index contributed by atoms with van der Waals surface area (Å²) in [5, 5.41) is 5.53. The maximum atomic E-state index is 12.4. The van der Waals surface area contributed by atoms with Gasteiger partial charge in [0.05, 0.1) is 44.1 Å². The van der Waals surface area contributed by atoms with Gasteiger partial charge in [-0.05, 0) is 50.3 Å². The molecule has 0 spiro atoms. The van der Waals surface area contributed by atoms with Gasteiger partial charge in [-0.15, -0.1) is 0 Å². The Morgan fingerprint density at radius 3 is 2.49 bits per heavy atom. The molecule has 0 saturated carbocycles. The van der Waals surface area contributed by atoms with E-state index < -0.39 is 32.6 Å².